The first-order valence-electron chi connectivity index (χ1n) is 31.6. The maximum Gasteiger partial charge on any atom is 0.252 e. The molecule has 4 nitrogen and oxygen atoms in total. The van der Waals surface area contributed by atoms with E-state index in [0.717, 1.165) is 24.2 Å². The third-order valence-electron chi connectivity index (χ3n) is 21.3. The number of para-hydroxylation sites is 6. The van der Waals surface area contributed by atoms with Crippen LogP contribution in [0.15, 0.2) is 237 Å². The van der Waals surface area contributed by atoms with Gasteiger partial charge < -0.3 is 18.9 Å². The summed E-state index contributed by atoms with van der Waals surface area (Å²) in [5.74, 6) is 0. The summed E-state index contributed by atoms with van der Waals surface area (Å²) in [5.41, 5.74) is 29.1. The minimum atomic E-state index is -0.160. The predicted molar refractivity (Wildman–Crippen MR) is 371 cm³/mol. The van der Waals surface area contributed by atoms with Crippen molar-refractivity contribution >= 4 is 101 Å². The zero-order valence-electron chi connectivity index (χ0n) is 51.2. The lowest BCUT2D eigenvalue weighted by Gasteiger charge is -2.45. The van der Waals surface area contributed by atoms with Crippen LogP contribution in [0.1, 0.15) is 103 Å². The van der Waals surface area contributed by atoms with Gasteiger partial charge in [0.05, 0.1) is 33.4 Å². The van der Waals surface area contributed by atoms with Crippen molar-refractivity contribution in [3.8, 4) is 33.6 Å². The van der Waals surface area contributed by atoms with Gasteiger partial charge in [0.25, 0.3) is 6.71 Å². The molecule has 422 valence electrons. The maximum absolute atomic E-state index is 2.63. The molecule has 2 aliphatic heterocycles. The molecule has 0 unspecified atom stereocenters. The molecule has 2 aliphatic carbocycles. The van der Waals surface area contributed by atoms with Gasteiger partial charge in [-0.2, -0.15) is 0 Å². The molecule has 5 heteroatoms. The van der Waals surface area contributed by atoms with E-state index in [9.17, 15) is 0 Å². The van der Waals surface area contributed by atoms with E-state index in [1.807, 2.05) is 0 Å². The van der Waals surface area contributed by atoms with E-state index in [-0.39, 0.29) is 28.4 Å². The van der Waals surface area contributed by atoms with Gasteiger partial charge in [-0.3, -0.25) is 0 Å². The Kier molecular flexibility index (Phi) is 11.1. The molecule has 4 aliphatic rings. The van der Waals surface area contributed by atoms with Gasteiger partial charge in [-0.1, -0.05) is 207 Å². The van der Waals surface area contributed by atoms with Gasteiger partial charge in [-0.25, -0.2) is 0 Å². The van der Waals surface area contributed by atoms with Gasteiger partial charge in [-0.05, 0) is 182 Å². The van der Waals surface area contributed by atoms with Crippen LogP contribution >= 0.6 is 0 Å². The van der Waals surface area contributed by atoms with E-state index < -0.39 is 0 Å². The summed E-state index contributed by atoms with van der Waals surface area (Å²) < 4.78 is 5.01. The molecular formula is C82H71BN4. The van der Waals surface area contributed by atoms with E-state index in [1.165, 1.54) is 151 Å². The molecule has 0 amide bonds. The van der Waals surface area contributed by atoms with Crippen LogP contribution in [-0.2, 0) is 21.7 Å². The van der Waals surface area contributed by atoms with Crippen molar-refractivity contribution in [2.75, 3.05) is 9.80 Å². The number of hydrogen-bond donors (Lipinski definition) is 0. The van der Waals surface area contributed by atoms with Crippen molar-refractivity contribution in [1.29, 1.82) is 0 Å². The van der Waals surface area contributed by atoms with Crippen LogP contribution in [0, 0.1) is 0 Å². The number of benzene rings is 11. The molecule has 0 N–H and O–H groups in total. The van der Waals surface area contributed by atoms with Crippen LogP contribution in [0.25, 0.3) is 77.2 Å². The van der Waals surface area contributed by atoms with E-state index in [1.54, 1.807) is 0 Å². The highest BCUT2D eigenvalue weighted by Gasteiger charge is 2.45. The lowest BCUT2D eigenvalue weighted by molar-refractivity contribution is 0.332. The summed E-state index contributed by atoms with van der Waals surface area (Å²) in [6, 6.07) is 90.9. The standard InChI is InChI=1S/C82H71BN4/c1-79(2)44-46-81(5,6)64-48-52(36-40-62(64)79)56-22-9-15-28-68(56)86-74-42-38-54(84-70-30-17-11-24-58(70)59-25-12-18-31-71(59)84)50-66(74)83-67-51-55(85-72-32-19-13-26-60(72)61-27-14-20-33-73(61)85)39-43-75(67)87(77-35-21-34-76(86)78(77)83)69-29-16-10-23-57(69)53-37-41-63-65(49-53)82(7,8)47-45-80(63,3)4/h9-43,48-51H,44-47H2,1-8H3. The Labute approximate surface area is 512 Å². The molecule has 87 heavy (non-hydrogen) atoms. The smallest absolute Gasteiger partial charge is 0.252 e. The van der Waals surface area contributed by atoms with Gasteiger partial charge in [-0.15, -0.1) is 0 Å². The van der Waals surface area contributed by atoms with Crippen LogP contribution < -0.4 is 26.2 Å². The monoisotopic (exact) mass is 1120 g/mol. The Bertz CT molecular complexity index is 4630. The highest BCUT2D eigenvalue weighted by molar-refractivity contribution is 7.00. The summed E-state index contributed by atoms with van der Waals surface area (Å²) in [5, 5.41) is 5.02. The molecule has 0 fully saturated rings. The molecule has 0 saturated carbocycles. The Morgan fingerprint density at radius 2 is 0.621 bits per heavy atom. The van der Waals surface area contributed by atoms with Crippen LogP contribution in [-0.4, -0.2) is 15.8 Å². The fraction of sp³-hybridized carbons (Fsp3) is 0.195. The lowest BCUT2D eigenvalue weighted by atomic mass is 9.33. The lowest BCUT2D eigenvalue weighted by Crippen LogP contribution is -2.61. The maximum atomic E-state index is 2.63. The molecule has 13 aromatic rings. The van der Waals surface area contributed by atoms with Crippen LogP contribution in [0.5, 0.6) is 0 Å². The van der Waals surface area contributed by atoms with Crippen LogP contribution in [0.4, 0.5) is 34.1 Å². The van der Waals surface area contributed by atoms with Gasteiger partial charge >= 0.3 is 0 Å². The zero-order chi connectivity index (χ0) is 58.9. The van der Waals surface area contributed by atoms with Crippen molar-refractivity contribution in [2.24, 2.45) is 0 Å². The fourth-order valence-electron chi connectivity index (χ4n) is 16.5. The van der Waals surface area contributed by atoms with Crippen molar-refractivity contribution in [2.45, 2.75) is 103 Å². The van der Waals surface area contributed by atoms with Gasteiger partial charge in [0, 0.05) is 66.8 Å². The molecule has 0 atom stereocenters. The molecule has 2 aromatic heterocycles. The second-order valence-electron chi connectivity index (χ2n) is 28.1. The number of nitrogens with zero attached hydrogens (tertiary/aromatic N) is 4. The minimum Gasteiger partial charge on any atom is -0.311 e. The molecule has 0 saturated heterocycles. The van der Waals surface area contributed by atoms with Gasteiger partial charge in [0.15, 0.2) is 0 Å². The fourth-order valence-corrected chi connectivity index (χ4v) is 16.5. The molecule has 4 heterocycles. The van der Waals surface area contributed by atoms with Crippen molar-refractivity contribution in [3.63, 3.8) is 0 Å². The summed E-state index contributed by atoms with van der Waals surface area (Å²) in [6.07, 6.45) is 4.68. The third kappa shape index (κ3) is 7.64. The predicted octanol–water partition coefficient (Wildman–Crippen LogP) is 20.0. The zero-order valence-corrected chi connectivity index (χ0v) is 51.2. The Morgan fingerprint density at radius 3 is 1.01 bits per heavy atom. The highest BCUT2D eigenvalue weighted by atomic mass is 15.2. The summed E-state index contributed by atoms with van der Waals surface area (Å²) in [7, 11) is 0. The Balaban J connectivity index is 0.963. The highest BCUT2D eigenvalue weighted by Crippen LogP contribution is 2.53. The largest absolute Gasteiger partial charge is 0.311 e. The molecule has 17 rings (SSSR count). The second-order valence-corrected chi connectivity index (χ2v) is 28.1. The quantitative estimate of drug-likeness (QED) is 0.154. The molecular weight excluding hydrogens is 1050 g/mol. The van der Waals surface area contributed by atoms with Crippen molar-refractivity contribution in [1.82, 2.24) is 9.13 Å². The van der Waals surface area contributed by atoms with Crippen molar-refractivity contribution < 1.29 is 0 Å². The third-order valence-corrected chi connectivity index (χ3v) is 21.3. The van der Waals surface area contributed by atoms with Gasteiger partial charge in [0.2, 0.25) is 0 Å². The minimum absolute atomic E-state index is 0.0551. The van der Waals surface area contributed by atoms with Crippen LogP contribution in [0.2, 0.25) is 0 Å². The summed E-state index contributed by atoms with van der Waals surface area (Å²) in [6.45, 7) is 19.4. The topological polar surface area (TPSA) is 16.3 Å². The van der Waals surface area contributed by atoms with E-state index in [0.29, 0.717) is 0 Å². The molecule has 0 spiro atoms. The Hall–Kier alpha value is -9.32. The summed E-state index contributed by atoms with van der Waals surface area (Å²) in [4.78, 5) is 5.26. The first-order valence-corrected chi connectivity index (χ1v) is 31.6. The SMILES string of the molecule is CC1(C)CCC(C)(C)c2cc(-c3ccccc3N3c4ccc(-n5c6ccccc6c6ccccc65)cc4B4c5cc(-n6c7ccccc7c7ccccc76)ccc5N(c5ccccc5-c5ccc6c(c5)C(C)(C)CCC6(C)C)c5cccc3c54)ccc21. The summed E-state index contributed by atoms with van der Waals surface area (Å²) >= 11 is 0. The number of fused-ring (bicyclic) bond motifs is 12. The second kappa shape index (κ2) is 18.6. The van der Waals surface area contributed by atoms with Crippen LogP contribution in [0.3, 0.4) is 0 Å². The molecule has 11 aromatic carbocycles. The number of anilines is 6. The Morgan fingerprint density at radius 1 is 0.287 bits per heavy atom. The number of aromatic nitrogens is 2. The molecule has 0 bridgehead atoms. The van der Waals surface area contributed by atoms with E-state index in [4.69, 9.17) is 0 Å². The average molecular weight is 1120 g/mol. The van der Waals surface area contributed by atoms with E-state index in [2.05, 4.69) is 311 Å². The number of rotatable bonds is 6. The van der Waals surface area contributed by atoms with Gasteiger partial charge in [0.1, 0.15) is 0 Å². The number of hydrogen-bond acceptors (Lipinski definition) is 2. The van der Waals surface area contributed by atoms with Crippen molar-refractivity contribution in [3.05, 3.63) is 259 Å². The van der Waals surface area contributed by atoms with E-state index >= 15 is 0 Å². The molecule has 0 radical (unpaired) electrons. The first kappa shape index (κ1) is 52.0. The first-order chi connectivity index (χ1) is 42.1. The normalized spacial score (nSPS) is 16.6. The average Bonchev–Trinajstić information content (AvgIpc) is 1.14.